The van der Waals surface area contributed by atoms with Gasteiger partial charge in [-0.1, -0.05) is 152 Å². The number of pyridine rings is 6. The Bertz CT molecular complexity index is 3480. The summed E-state index contributed by atoms with van der Waals surface area (Å²) in [6.45, 7) is 0. The minimum Gasteiger partial charge on any atom is -0.398 e. The van der Waals surface area contributed by atoms with Crippen LogP contribution in [0.3, 0.4) is 0 Å². The van der Waals surface area contributed by atoms with Crippen molar-refractivity contribution in [1.29, 1.82) is 0 Å². The van der Waals surface area contributed by atoms with Crippen LogP contribution < -0.4 is 5.73 Å². The van der Waals surface area contributed by atoms with Gasteiger partial charge in [-0.25, -0.2) is 0 Å². The number of hydrogen-bond acceptors (Lipinski definition) is 7. The Kier molecular flexibility index (Phi) is 12.4. The van der Waals surface area contributed by atoms with Crippen LogP contribution in [0.2, 0.25) is 0 Å². The van der Waals surface area contributed by atoms with Gasteiger partial charge >= 0.3 is 0 Å². The van der Waals surface area contributed by atoms with Crippen LogP contribution >= 0.6 is 0 Å². The van der Waals surface area contributed by atoms with E-state index in [1.807, 2.05) is 79.4 Å². The summed E-state index contributed by atoms with van der Waals surface area (Å²) in [5.74, 6) is 0. The van der Waals surface area contributed by atoms with Crippen molar-refractivity contribution in [3.63, 3.8) is 0 Å². The third-order valence-electron chi connectivity index (χ3n) is 12.1. The summed E-state index contributed by atoms with van der Waals surface area (Å²) in [7, 11) is 0. The van der Waals surface area contributed by atoms with Gasteiger partial charge in [-0.3, -0.25) is 29.9 Å². The summed E-state index contributed by atoms with van der Waals surface area (Å²) >= 11 is 0. The van der Waals surface area contributed by atoms with Gasteiger partial charge in [-0.15, -0.1) is 0 Å². The molecule has 0 aliphatic heterocycles. The summed E-state index contributed by atoms with van der Waals surface area (Å²) < 4.78 is 0. The SMILES string of the molecule is Nc1cc2cccnc2c2ncccc12.[Ru].c1ccc(-c2ccnc3c2ccc2c(-c4ccccc4)ccnc23)cc1.c1ccc(-c2ccnc3c2ccc2c(-c4ccccc4)ccnc23)cc1. The zero-order valence-electron chi connectivity index (χ0n) is 36.6. The van der Waals surface area contributed by atoms with E-state index in [2.05, 4.69) is 175 Å². The van der Waals surface area contributed by atoms with Crippen LogP contribution in [0, 0.1) is 0 Å². The fourth-order valence-corrected chi connectivity index (χ4v) is 8.94. The molecule has 0 saturated carbocycles. The van der Waals surface area contributed by atoms with Gasteiger partial charge in [-0.05, 0) is 93.0 Å². The maximum atomic E-state index is 5.95. The number of nitrogen functional groups attached to an aromatic ring is 1. The third-order valence-corrected chi connectivity index (χ3v) is 12.1. The summed E-state index contributed by atoms with van der Waals surface area (Å²) in [6, 6.07) is 68.4. The molecule has 7 nitrogen and oxygen atoms in total. The predicted molar refractivity (Wildman–Crippen MR) is 277 cm³/mol. The van der Waals surface area contributed by atoms with Gasteiger partial charge in [0.25, 0.3) is 0 Å². The summed E-state index contributed by atoms with van der Waals surface area (Å²) in [5, 5.41) is 6.51. The van der Waals surface area contributed by atoms with E-state index in [1.165, 1.54) is 44.5 Å². The molecule has 0 fully saturated rings. The molecule has 2 N–H and O–H groups in total. The molecule has 68 heavy (non-hydrogen) atoms. The Morgan fingerprint density at radius 2 is 0.544 bits per heavy atom. The Labute approximate surface area is 405 Å². The van der Waals surface area contributed by atoms with Gasteiger partial charge in [0.1, 0.15) is 0 Å². The number of rotatable bonds is 4. The van der Waals surface area contributed by atoms with Crippen LogP contribution in [0.1, 0.15) is 0 Å². The first-order chi connectivity index (χ1) is 33.2. The zero-order valence-corrected chi connectivity index (χ0v) is 38.4. The summed E-state index contributed by atoms with van der Waals surface area (Å²) in [5.41, 5.74) is 21.8. The fourth-order valence-electron chi connectivity index (χ4n) is 8.94. The monoisotopic (exact) mass is 961 g/mol. The maximum Gasteiger partial charge on any atom is 0.0985 e. The maximum absolute atomic E-state index is 5.95. The van der Waals surface area contributed by atoms with Crippen molar-refractivity contribution in [1.82, 2.24) is 29.9 Å². The van der Waals surface area contributed by atoms with E-state index in [0.717, 1.165) is 71.1 Å². The van der Waals surface area contributed by atoms with Crippen molar-refractivity contribution in [3.05, 3.63) is 237 Å². The summed E-state index contributed by atoms with van der Waals surface area (Å²) in [6.07, 6.45) is 11.0. The topological polar surface area (TPSA) is 103 Å². The van der Waals surface area contributed by atoms with Crippen molar-refractivity contribution in [2.45, 2.75) is 0 Å². The van der Waals surface area contributed by atoms with E-state index in [4.69, 9.17) is 5.73 Å². The normalized spacial score (nSPS) is 10.9. The standard InChI is InChI=1S/2C24H16N2.C12H9N3.Ru/c2*1-3-7-17(8-4-1)19-13-15-25-23-21(19)11-12-22-20(14-16-26-24(22)23)18-9-5-2-6-10-18;13-10-7-8-3-1-5-14-11(8)12-9(10)4-2-6-15-12;/h2*1-16H;1-7H,13H2;. The molecule has 8 heteroatoms. The van der Waals surface area contributed by atoms with Gasteiger partial charge in [-0.2, -0.15) is 0 Å². The van der Waals surface area contributed by atoms with E-state index in [1.54, 1.807) is 12.4 Å². The molecule has 0 bridgehead atoms. The van der Waals surface area contributed by atoms with E-state index >= 15 is 0 Å². The Morgan fingerprint density at radius 1 is 0.250 bits per heavy atom. The molecule has 0 atom stereocenters. The van der Waals surface area contributed by atoms with Crippen molar-refractivity contribution < 1.29 is 19.5 Å². The quantitative estimate of drug-likeness (QED) is 0.106. The molecule has 7 aromatic carbocycles. The molecule has 6 aromatic heterocycles. The fraction of sp³-hybridized carbons (Fsp3) is 0. The Morgan fingerprint density at radius 3 is 0.897 bits per heavy atom. The molecule has 0 aliphatic rings. The molecule has 0 spiro atoms. The minimum atomic E-state index is 0. The second-order valence-corrected chi connectivity index (χ2v) is 16.1. The van der Waals surface area contributed by atoms with Crippen molar-refractivity contribution in [3.8, 4) is 44.5 Å². The van der Waals surface area contributed by atoms with E-state index in [-0.39, 0.29) is 19.5 Å². The van der Waals surface area contributed by atoms with Gasteiger partial charge in [0.15, 0.2) is 0 Å². The molecule has 0 radical (unpaired) electrons. The van der Waals surface area contributed by atoms with E-state index in [9.17, 15) is 0 Å². The largest absolute Gasteiger partial charge is 0.398 e. The van der Waals surface area contributed by atoms with Crippen LogP contribution in [-0.4, -0.2) is 29.9 Å². The van der Waals surface area contributed by atoms with Crippen LogP contribution in [0.25, 0.3) is 110 Å². The Hall–Kier alpha value is -8.58. The van der Waals surface area contributed by atoms with Crippen molar-refractivity contribution >= 4 is 71.1 Å². The van der Waals surface area contributed by atoms with Gasteiger partial charge in [0, 0.05) is 94.7 Å². The van der Waals surface area contributed by atoms with Crippen molar-refractivity contribution in [2.75, 3.05) is 5.73 Å². The first kappa shape index (κ1) is 43.3. The van der Waals surface area contributed by atoms with Crippen LogP contribution in [0.4, 0.5) is 5.69 Å². The second kappa shape index (κ2) is 19.5. The van der Waals surface area contributed by atoms with Crippen LogP contribution in [0.15, 0.2) is 237 Å². The number of hydrogen-bond donors (Lipinski definition) is 1. The number of fused-ring (bicyclic) bond motifs is 9. The summed E-state index contributed by atoms with van der Waals surface area (Å²) in [4.78, 5) is 27.3. The number of aromatic nitrogens is 6. The van der Waals surface area contributed by atoms with E-state index < -0.39 is 0 Å². The zero-order chi connectivity index (χ0) is 44.9. The molecule has 0 amide bonds. The average Bonchev–Trinajstić information content (AvgIpc) is 3.41. The Balaban J connectivity index is 0.000000122. The van der Waals surface area contributed by atoms with Gasteiger partial charge in [0.05, 0.1) is 33.1 Å². The molecule has 324 valence electrons. The van der Waals surface area contributed by atoms with E-state index in [0.29, 0.717) is 0 Å². The minimum absolute atomic E-state index is 0. The number of nitrogens with two attached hydrogens (primary N) is 1. The molecule has 13 aromatic rings. The van der Waals surface area contributed by atoms with Gasteiger partial charge in [0.2, 0.25) is 0 Å². The van der Waals surface area contributed by atoms with Crippen molar-refractivity contribution in [2.24, 2.45) is 0 Å². The molecule has 0 unspecified atom stereocenters. The smallest absolute Gasteiger partial charge is 0.0985 e. The van der Waals surface area contributed by atoms with Crippen LogP contribution in [-0.2, 0) is 19.5 Å². The molecule has 0 saturated heterocycles. The molecular formula is C60H41N7Ru. The second-order valence-electron chi connectivity index (χ2n) is 16.1. The first-order valence-electron chi connectivity index (χ1n) is 22.1. The van der Waals surface area contributed by atoms with Gasteiger partial charge < -0.3 is 5.73 Å². The van der Waals surface area contributed by atoms with Crippen LogP contribution in [0.5, 0.6) is 0 Å². The number of benzene rings is 7. The number of nitrogens with zero attached hydrogens (tertiary/aromatic N) is 6. The molecule has 0 aliphatic carbocycles. The average molecular weight is 961 g/mol. The number of anilines is 1. The molecular weight excluding hydrogens is 920 g/mol. The first-order valence-corrected chi connectivity index (χ1v) is 22.1. The molecule has 6 heterocycles. The predicted octanol–water partition coefficient (Wildman–Crippen LogP) is 14.6. The third kappa shape index (κ3) is 8.41. The molecule has 13 rings (SSSR count).